The minimum absolute atomic E-state index is 0.399. The minimum atomic E-state index is 0.399. The molecule has 102 valence electrons. The second-order valence-corrected chi connectivity index (χ2v) is 5.39. The first kappa shape index (κ1) is 12.7. The van der Waals surface area contributed by atoms with Gasteiger partial charge in [0.1, 0.15) is 0 Å². The Morgan fingerprint density at radius 1 is 1.21 bits per heavy atom. The van der Waals surface area contributed by atoms with Crippen molar-refractivity contribution in [2.75, 3.05) is 0 Å². The van der Waals surface area contributed by atoms with E-state index in [0.717, 1.165) is 11.4 Å². The van der Waals surface area contributed by atoms with Crippen molar-refractivity contribution in [2.45, 2.75) is 50.6 Å². The molecular weight excluding hydrogens is 262 g/mol. The van der Waals surface area contributed by atoms with Gasteiger partial charge in [-0.2, -0.15) is 5.10 Å². The molecule has 0 atom stereocenters. The molecule has 1 saturated carbocycles. The van der Waals surface area contributed by atoms with Gasteiger partial charge in [0.15, 0.2) is 0 Å². The Bertz CT molecular complexity index is 527. The van der Waals surface area contributed by atoms with Crippen molar-refractivity contribution >= 4 is 11.6 Å². The number of halogens is 1. The van der Waals surface area contributed by atoms with E-state index in [9.17, 15) is 0 Å². The highest BCUT2D eigenvalue weighted by Crippen LogP contribution is 2.27. The lowest BCUT2D eigenvalue weighted by Gasteiger charge is -2.21. The van der Waals surface area contributed by atoms with Crippen LogP contribution in [0.5, 0.6) is 0 Å². The molecule has 3 rings (SSSR count). The molecule has 1 aliphatic rings. The molecule has 19 heavy (non-hydrogen) atoms. The van der Waals surface area contributed by atoms with E-state index in [4.69, 9.17) is 11.6 Å². The van der Waals surface area contributed by atoms with Crippen LogP contribution >= 0.6 is 11.6 Å². The predicted octanol–water partition coefficient (Wildman–Crippen LogP) is 2.77. The SMILES string of the molecule is ClCc1cn(Cc2ccn(C3CCCCC3)n2)nn1. The molecule has 0 unspecified atom stereocenters. The molecule has 2 aromatic rings. The number of aromatic nitrogens is 5. The first-order chi connectivity index (χ1) is 9.35. The van der Waals surface area contributed by atoms with E-state index < -0.39 is 0 Å². The Hall–Kier alpha value is -1.36. The molecule has 6 heteroatoms. The summed E-state index contributed by atoms with van der Waals surface area (Å²) in [5.74, 6) is 0.399. The highest BCUT2D eigenvalue weighted by atomic mass is 35.5. The maximum atomic E-state index is 5.71. The molecule has 1 aliphatic carbocycles. The molecule has 0 radical (unpaired) electrons. The van der Waals surface area contributed by atoms with Gasteiger partial charge in [-0.1, -0.05) is 24.5 Å². The lowest BCUT2D eigenvalue weighted by atomic mass is 9.96. The number of hydrogen-bond donors (Lipinski definition) is 0. The minimum Gasteiger partial charge on any atom is -0.269 e. The molecule has 2 heterocycles. The molecule has 0 amide bonds. The monoisotopic (exact) mass is 279 g/mol. The van der Waals surface area contributed by atoms with Crippen molar-refractivity contribution in [2.24, 2.45) is 0 Å². The first-order valence-electron chi connectivity index (χ1n) is 6.84. The van der Waals surface area contributed by atoms with Crippen molar-refractivity contribution in [3.05, 3.63) is 29.8 Å². The van der Waals surface area contributed by atoms with E-state index in [2.05, 4.69) is 32.4 Å². The van der Waals surface area contributed by atoms with E-state index in [-0.39, 0.29) is 0 Å². The fraction of sp³-hybridized carbons (Fsp3) is 0.615. The van der Waals surface area contributed by atoms with Crippen LogP contribution in [-0.2, 0) is 12.4 Å². The van der Waals surface area contributed by atoms with Crippen molar-refractivity contribution in [1.82, 2.24) is 24.8 Å². The summed E-state index contributed by atoms with van der Waals surface area (Å²) in [6.45, 7) is 0.656. The van der Waals surface area contributed by atoms with Crippen LogP contribution in [0.2, 0.25) is 0 Å². The average Bonchev–Trinajstić information content (AvgIpc) is 3.09. The third-order valence-corrected chi connectivity index (χ3v) is 3.93. The zero-order chi connectivity index (χ0) is 13.1. The van der Waals surface area contributed by atoms with Crippen LogP contribution in [0.15, 0.2) is 18.5 Å². The second kappa shape index (κ2) is 5.74. The van der Waals surface area contributed by atoms with Gasteiger partial charge < -0.3 is 0 Å². The molecule has 0 saturated heterocycles. The van der Waals surface area contributed by atoms with E-state index in [1.165, 1.54) is 32.1 Å². The second-order valence-electron chi connectivity index (χ2n) is 5.12. The lowest BCUT2D eigenvalue weighted by Crippen LogP contribution is -2.13. The van der Waals surface area contributed by atoms with Gasteiger partial charge in [-0.15, -0.1) is 16.7 Å². The molecule has 0 N–H and O–H groups in total. The van der Waals surface area contributed by atoms with Crippen LogP contribution < -0.4 is 0 Å². The third-order valence-electron chi connectivity index (χ3n) is 3.66. The smallest absolute Gasteiger partial charge is 0.0974 e. The highest BCUT2D eigenvalue weighted by Gasteiger charge is 2.16. The molecule has 0 aliphatic heterocycles. The molecular formula is C13H18ClN5. The van der Waals surface area contributed by atoms with Crippen LogP contribution in [0.4, 0.5) is 0 Å². The zero-order valence-electron chi connectivity index (χ0n) is 10.9. The standard InChI is InChI=1S/C13H18ClN5/c14-8-12-10-18(17-15-12)9-11-6-7-19(16-11)13-4-2-1-3-5-13/h6-7,10,13H,1-5,8-9H2. The van der Waals surface area contributed by atoms with E-state index in [1.807, 2.05) is 6.20 Å². The van der Waals surface area contributed by atoms with Crippen LogP contribution in [0.1, 0.15) is 49.5 Å². The zero-order valence-corrected chi connectivity index (χ0v) is 11.6. The van der Waals surface area contributed by atoms with Gasteiger partial charge in [0, 0.05) is 6.20 Å². The van der Waals surface area contributed by atoms with Gasteiger partial charge in [0.05, 0.1) is 36.1 Å². The van der Waals surface area contributed by atoms with Gasteiger partial charge in [-0.25, -0.2) is 4.68 Å². The maximum Gasteiger partial charge on any atom is 0.0974 e. The van der Waals surface area contributed by atoms with Gasteiger partial charge in [0.2, 0.25) is 0 Å². The third kappa shape index (κ3) is 2.97. The Kier molecular flexibility index (Phi) is 3.82. The van der Waals surface area contributed by atoms with Crippen molar-refractivity contribution < 1.29 is 0 Å². The number of rotatable bonds is 4. The summed E-state index contributed by atoms with van der Waals surface area (Å²) in [6.07, 6.45) is 10.5. The Labute approximate surface area is 117 Å². The molecule has 0 aromatic carbocycles. The molecule has 0 spiro atoms. The van der Waals surface area contributed by atoms with Crippen LogP contribution in [0.25, 0.3) is 0 Å². The van der Waals surface area contributed by atoms with Gasteiger partial charge in [-0.05, 0) is 18.9 Å². The molecule has 0 bridgehead atoms. The fourth-order valence-corrected chi connectivity index (χ4v) is 2.78. The van der Waals surface area contributed by atoms with Crippen molar-refractivity contribution in [3.8, 4) is 0 Å². The average molecular weight is 280 g/mol. The van der Waals surface area contributed by atoms with E-state index >= 15 is 0 Å². The summed E-state index contributed by atoms with van der Waals surface area (Å²) >= 11 is 5.71. The number of alkyl halides is 1. The highest BCUT2D eigenvalue weighted by molar-refractivity contribution is 6.16. The maximum absolute atomic E-state index is 5.71. The molecule has 1 fully saturated rings. The number of nitrogens with zero attached hydrogens (tertiary/aromatic N) is 5. The summed E-state index contributed by atoms with van der Waals surface area (Å²) in [5, 5.41) is 12.7. The van der Waals surface area contributed by atoms with Gasteiger partial charge >= 0.3 is 0 Å². The molecule has 5 nitrogen and oxygen atoms in total. The lowest BCUT2D eigenvalue weighted by molar-refractivity contribution is 0.327. The number of hydrogen-bond acceptors (Lipinski definition) is 3. The predicted molar refractivity (Wildman–Crippen MR) is 73.0 cm³/mol. The largest absolute Gasteiger partial charge is 0.269 e. The summed E-state index contributed by atoms with van der Waals surface area (Å²) in [4.78, 5) is 0. The summed E-state index contributed by atoms with van der Waals surface area (Å²) < 4.78 is 3.90. The van der Waals surface area contributed by atoms with Crippen molar-refractivity contribution in [3.63, 3.8) is 0 Å². The normalized spacial score (nSPS) is 16.9. The van der Waals surface area contributed by atoms with Gasteiger partial charge in [-0.3, -0.25) is 4.68 Å². The van der Waals surface area contributed by atoms with E-state index in [0.29, 0.717) is 18.5 Å². The van der Waals surface area contributed by atoms with E-state index in [1.54, 1.807) is 4.68 Å². The van der Waals surface area contributed by atoms with Gasteiger partial charge in [0.25, 0.3) is 0 Å². The fourth-order valence-electron chi connectivity index (χ4n) is 2.65. The summed E-state index contributed by atoms with van der Waals surface area (Å²) in [5.41, 5.74) is 1.82. The van der Waals surface area contributed by atoms with Crippen molar-refractivity contribution in [1.29, 1.82) is 0 Å². The Morgan fingerprint density at radius 2 is 2.05 bits per heavy atom. The summed E-state index contributed by atoms with van der Waals surface area (Å²) in [6, 6.07) is 2.65. The molecule has 2 aromatic heterocycles. The van der Waals surface area contributed by atoms with Crippen LogP contribution in [-0.4, -0.2) is 24.8 Å². The quantitative estimate of drug-likeness (QED) is 0.809. The Balaban J connectivity index is 1.67. The first-order valence-corrected chi connectivity index (χ1v) is 7.37. The topological polar surface area (TPSA) is 48.5 Å². The van der Waals surface area contributed by atoms with Crippen LogP contribution in [0, 0.1) is 0 Å². The Morgan fingerprint density at radius 3 is 2.79 bits per heavy atom. The van der Waals surface area contributed by atoms with Crippen LogP contribution in [0.3, 0.4) is 0 Å². The summed E-state index contributed by atoms with van der Waals surface area (Å²) in [7, 11) is 0.